The number of aliphatic hydroxyl groups excluding tert-OH is 1. The maximum Gasteiger partial charge on any atom is 0.0858 e. The number of fused-ring (bicyclic) bond motifs is 1. The predicted octanol–water partition coefficient (Wildman–Crippen LogP) is 3.16. The summed E-state index contributed by atoms with van der Waals surface area (Å²) in [5.74, 6) is 0.301. The van der Waals surface area contributed by atoms with Crippen LogP contribution < -0.4 is 0 Å². The van der Waals surface area contributed by atoms with Gasteiger partial charge in [-0.3, -0.25) is 0 Å². The highest BCUT2D eigenvalue weighted by atomic mass is 16.3. The standard InChI is InChI=1S/C13H16O/c1-2-5-11-9-8-10-6-3-4-7-12(10)13(11)14/h3-4,6-9,11,13-14H,2,5H2,1H3/t11-,13-/m0/s1. The van der Waals surface area contributed by atoms with Crippen molar-refractivity contribution in [3.05, 3.63) is 41.5 Å². The third kappa shape index (κ3) is 1.60. The molecule has 14 heavy (non-hydrogen) atoms. The van der Waals surface area contributed by atoms with E-state index in [0.29, 0.717) is 5.92 Å². The maximum atomic E-state index is 10.1. The highest BCUT2D eigenvalue weighted by Crippen LogP contribution is 2.34. The molecule has 0 saturated heterocycles. The molecule has 1 aromatic carbocycles. The van der Waals surface area contributed by atoms with E-state index in [0.717, 1.165) is 24.0 Å². The molecule has 1 aliphatic rings. The maximum absolute atomic E-state index is 10.1. The van der Waals surface area contributed by atoms with Gasteiger partial charge in [0.05, 0.1) is 6.10 Å². The summed E-state index contributed by atoms with van der Waals surface area (Å²) in [6.07, 6.45) is 6.13. The smallest absolute Gasteiger partial charge is 0.0858 e. The van der Waals surface area contributed by atoms with E-state index in [2.05, 4.69) is 25.1 Å². The van der Waals surface area contributed by atoms with E-state index < -0.39 is 0 Å². The van der Waals surface area contributed by atoms with Gasteiger partial charge in [-0.05, 0) is 17.5 Å². The lowest BCUT2D eigenvalue weighted by molar-refractivity contribution is 0.125. The Bertz CT molecular complexity index is 341. The molecule has 0 unspecified atom stereocenters. The first-order valence-electron chi connectivity index (χ1n) is 5.28. The van der Waals surface area contributed by atoms with Crippen LogP contribution in [0.2, 0.25) is 0 Å². The molecule has 1 aliphatic carbocycles. The Kier molecular flexibility index (Phi) is 2.69. The fourth-order valence-electron chi connectivity index (χ4n) is 2.08. The second-order valence-electron chi connectivity index (χ2n) is 3.89. The van der Waals surface area contributed by atoms with Crippen LogP contribution in [0.25, 0.3) is 6.08 Å². The number of benzene rings is 1. The molecule has 1 heteroatoms. The SMILES string of the molecule is CCC[C@H]1C=Cc2ccccc2[C@H]1O. The molecular weight excluding hydrogens is 172 g/mol. The Labute approximate surface area is 85.1 Å². The van der Waals surface area contributed by atoms with Crippen LogP contribution in [0.3, 0.4) is 0 Å². The minimum atomic E-state index is -0.309. The van der Waals surface area contributed by atoms with Gasteiger partial charge in [-0.2, -0.15) is 0 Å². The van der Waals surface area contributed by atoms with Crippen molar-refractivity contribution < 1.29 is 5.11 Å². The summed E-state index contributed by atoms with van der Waals surface area (Å²) >= 11 is 0. The average molecular weight is 188 g/mol. The highest BCUT2D eigenvalue weighted by Gasteiger charge is 2.22. The number of aliphatic hydroxyl groups is 1. The highest BCUT2D eigenvalue weighted by molar-refractivity contribution is 5.57. The van der Waals surface area contributed by atoms with Crippen molar-refractivity contribution in [1.82, 2.24) is 0 Å². The van der Waals surface area contributed by atoms with Gasteiger partial charge in [0.2, 0.25) is 0 Å². The molecular formula is C13H16O. The van der Waals surface area contributed by atoms with Gasteiger partial charge in [0.25, 0.3) is 0 Å². The van der Waals surface area contributed by atoms with Crippen LogP contribution in [0.5, 0.6) is 0 Å². The predicted molar refractivity (Wildman–Crippen MR) is 58.8 cm³/mol. The zero-order valence-corrected chi connectivity index (χ0v) is 8.48. The molecule has 0 aromatic heterocycles. The summed E-state index contributed by atoms with van der Waals surface area (Å²) in [6.45, 7) is 2.15. The second-order valence-corrected chi connectivity index (χ2v) is 3.89. The van der Waals surface area contributed by atoms with Gasteiger partial charge < -0.3 is 5.11 Å². The second kappa shape index (κ2) is 3.97. The van der Waals surface area contributed by atoms with E-state index in [1.165, 1.54) is 0 Å². The number of rotatable bonds is 2. The van der Waals surface area contributed by atoms with Crippen LogP contribution in [0, 0.1) is 5.92 Å². The Morgan fingerprint density at radius 3 is 2.86 bits per heavy atom. The van der Waals surface area contributed by atoms with Gasteiger partial charge in [0.15, 0.2) is 0 Å². The third-order valence-corrected chi connectivity index (χ3v) is 2.87. The van der Waals surface area contributed by atoms with Crippen molar-refractivity contribution in [3.8, 4) is 0 Å². The van der Waals surface area contributed by atoms with E-state index >= 15 is 0 Å². The van der Waals surface area contributed by atoms with Gasteiger partial charge in [0, 0.05) is 5.92 Å². The van der Waals surface area contributed by atoms with Crippen LogP contribution in [-0.4, -0.2) is 5.11 Å². The molecule has 1 N–H and O–H groups in total. The Morgan fingerprint density at radius 1 is 1.29 bits per heavy atom. The summed E-state index contributed by atoms with van der Waals surface area (Å²) < 4.78 is 0. The van der Waals surface area contributed by atoms with Crippen molar-refractivity contribution >= 4 is 6.08 Å². The van der Waals surface area contributed by atoms with E-state index in [9.17, 15) is 5.11 Å². The van der Waals surface area contributed by atoms with E-state index in [1.807, 2.05) is 18.2 Å². The van der Waals surface area contributed by atoms with Crippen molar-refractivity contribution in [1.29, 1.82) is 0 Å². The molecule has 0 amide bonds. The van der Waals surface area contributed by atoms with E-state index in [-0.39, 0.29) is 6.10 Å². The van der Waals surface area contributed by atoms with Gasteiger partial charge in [0.1, 0.15) is 0 Å². The molecule has 2 atom stereocenters. The molecule has 1 nitrogen and oxygen atoms in total. The van der Waals surface area contributed by atoms with Crippen LogP contribution in [0.4, 0.5) is 0 Å². The van der Waals surface area contributed by atoms with Crippen molar-refractivity contribution in [3.63, 3.8) is 0 Å². The first-order chi connectivity index (χ1) is 6.83. The minimum absolute atomic E-state index is 0.301. The average Bonchev–Trinajstić information content (AvgIpc) is 2.23. The molecule has 2 rings (SSSR count). The van der Waals surface area contributed by atoms with Crippen molar-refractivity contribution in [2.45, 2.75) is 25.9 Å². The van der Waals surface area contributed by atoms with Gasteiger partial charge >= 0.3 is 0 Å². The summed E-state index contributed by atoms with van der Waals surface area (Å²) in [5, 5.41) is 10.1. The first kappa shape index (κ1) is 9.47. The van der Waals surface area contributed by atoms with Crippen LogP contribution in [0.1, 0.15) is 37.0 Å². The van der Waals surface area contributed by atoms with Crippen molar-refractivity contribution in [2.24, 2.45) is 5.92 Å². The normalized spacial score (nSPS) is 24.7. The summed E-state index contributed by atoms with van der Waals surface area (Å²) in [5.41, 5.74) is 2.24. The molecule has 0 fully saturated rings. The quantitative estimate of drug-likeness (QED) is 0.755. The van der Waals surface area contributed by atoms with Crippen LogP contribution in [-0.2, 0) is 0 Å². The molecule has 0 bridgehead atoms. The molecule has 74 valence electrons. The fourth-order valence-corrected chi connectivity index (χ4v) is 2.08. The molecule has 1 aromatic rings. The summed E-state index contributed by atoms with van der Waals surface area (Å²) in [6, 6.07) is 8.07. The van der Waals surface area contributed by atoms with Gasteiger partial charge in [-0.25, -0.2) is 0 Å². The largest absolute Gasteiger partial charge is 0.388 e. The lowest BCUT2D eigenvalue weighted by Gasteiger charge is -2.25. The Morgan fingerprint density at radius 2 is 2.07 bits per heavy atom. The van der Waals surface area contributed by atoms with Gasteiger partial charge in [-0.15, -0.1) is 0 Å². The Balaban J connectivity index is 2.30. The molecule has 0 aliphatic heterocycles. The van der Waals surface area contributed by atoms with Crippen LogP contribution in [0.15, 0.2) is 30.3 Å². The monoisotopic (exact) mass is 188 g/mol. The molecule has 0 saturated carbocycles. The van der Waals surface area contributed by atoms with Crippen molar-refractivity contribution in [2.75, 3.05) is 0 Å². The van der Waals surface area contributed by atoms with Crippen LogP contribution >= 0.6 is 0 Å². The lowest BCUT2D eigenvalue weighted by atomic mass is 9.84. The zero-order chi connectivity index (χ0) is 9.97. The fraction of sp³-hybridized carbons (Fsp3) is 0.385. The summed E-state index contributed by atoms with van der Waals surface area (Å²) in [7, 11) is 0. The Hall–Kier alpha value is -1.08. The third-order valence-electron chi connectivity index (χ3n) is 2.87. The first-order valence-corrected chi connectivity index (χ1v) is 5.28. The van der Waals surface area contributed by atoms with E-state index in [1.54, 1.807) is 0 Å². The minimum Gasteiger partial charge on any atom is -0.388 e. The summed E-state index contributed by atoms with van der Waals surface area (Å²) in [4.78, 5) is 0. The number of hydrogen-bond donors (Lipinski definition) is 1. The molecule has 0 radical (unpaired) electrons. The molecule has 0 heterocycles. The van der Waals surface area contributed by atoms with E-state index in [4.69, 9.17) is 0 Å². The molecule has 0 spiro atoms. The number of hydrogen-bond acceptors (Lipinski definition) is 1. The van der Waals surface area contributed by atoms with Gasteiger partial charge in [-0.1, -0.05) is 49.8 Å². The zero-order valence-electron chi connectivity index (χ0n) is 8.48. The topological polar surface area (TPSA) is 20.2 Å². The lowest BCUT2D eigenvalue weighted by Crippen LogP contribution is -2.14.